The van der Waals surface area contributed by atoms with Gasteiger partial charge in [-0.15, -0.1) is 0 Å². The van der Waals surface area contributed by atoms with E-state index in [2.05, 4.69) is 0 Å². The number of methoxy groups -OCH3 is 2. The van der Waals surface area contributed by atoms with Crippen LogP contribution < -0.4 is 9.47 Å². The van der Waals surface area contributed by atoms with E-state index in [0.29, 0.717) is 17.1 Å². The Morgan fingerprint density at radius 1 is 1.17 bits per heavy atom. The van der Waals surface area contributed by atoms with Gasteiger partial charge in [-0.05, 0) is 19.1 Å². The lowest BCUT2D eigenvalue weighted by Crippen LogP contribution is -2.25. The van der Waals surface area contributed by atoms with E-state index in [1.165, 1.54) is 21.1 Å². The molecule has 102 valence electrons. The minimum Gasteiger partial charge on any atom is -0.496 e. The maximum Gasteiger partial charge on any atom is 0.152 e. The normalized spacial score (nSPS) is 14.9. The third-order valence-electron chi connectivity index (χ3n) is 2.88. The molecule has 0 fully saturated rings. The van der Waals surface area contributed by atoms with Gasteiger partial charge in [0.15, 0.2) is 9.84 Å². The van der Waals surface area contributed by atoms with Crippen LogP contribution in [0.5, 0.6) is 11.5 Å². The molecule has 1 aromatic rings. The molecule has 0 bridgehead atoms. The van der Waals surface area contributed by atoms with Gasteiger partial charge in [0.05, 0.1) is 25.0 Å². The smallest absolute Gasteiger partial charge is 0.152 e. The Hall–Kier alpha value is -1.27. The average molecular weight is 274 g/mol. The van der Waals surface area contributed by atoms with Crippen LogP contribution in [-0.4, -0.2) is 39.2 Å². The number of hydrogen-bond acceptors (Lipinski definition) is 5. The first-order chi connectivity index (χ1) is 8.32. The van der Waals surface area contributed by atoms with Crippen LogP contribution in [0.4, 0.5) is 0 Å². The second kappa shape index (κ2) is 5.58. The minimum atomic E-state index is -3.36. The Morgan fingerprint density at radius 2 is 1.61 bits per heavy atom. The van der Waals surface area contributed by atoms with Crippen molar-refractivity contribution in [1.82, 2.24) is 0 Å². The van der Waals surface area contributed by atoms with Gasteiger partial charge in [-0.2, -0.15) is 0 Å². The minimum absolute atomic E-state index is 0.348. The fourth-order valence-electron chi connectivity index (χ4n) is 1.64. The van der Waals surface area contributed by atoms with Crippen LogP contribution in [0.3, 0.4) is 0 Å². The fourth-order valence-corrected chi connectivity index (χ4v) is 2.24. The van der Waals surface area contributed by atoms with E-state index in [4.69, 9.17) is 9.47 Å². The molecule has 0 saturated heterocycles. The van der Waals surface area contributed by atoms with Crippen LogP contribution in [0.15, 0.2) is 18.2 Å². The van der Waals surface area contributed by atoms with E-state index in [1.54, 1.807) is 18.2 Å². The van der Waals surface area contributed by atoms with Crippen molar-refractivity contribution >= 4 is 9.84 Å². The quantitative estimate of drug-likeness (QED) is 0.872. The maximum atomic E-state index is 11.5. The number of hydrogen-bond donors (Lipinski definition) is 1. The van der Waals surface area contributed by atoms with Crippen LogP contribution in [0, 0.1) is 0 Å². The van der Waals surface area contributed by atoms with E-state index in [1.807, 2.05) is 0 Å². The summed E-state index contributed by atoms with van der Waals surface area (Å²) in [5.74, 6) is 0.801. The Kier molecular flexibility index (Phi) is 4.59. The van der Waals surface area contributed by atoms with Crippen molar-refractivity contribution in [2.24, 2.45) is 0 Å². The molecule has 2 unspecified atom stereocenters. The molecule has 1 rings (SSSR count). The molecular weight excluding hydrogens is 256 g/mol. The molecule has 0 aliphatic carbocycles. The van der Waals surface area contributed by atoms with E-state index >= 15 is 0 Å². The van der Waals surface area contributed by atoms with Crippen molar-refractivity contribution in [2.45, 2.75) is 18.3 Å². The summed E-state index contributed by atoms with van der Waals surface area (Å²) in [5, 5.41) is 9.27. The number of sulfone groups is 1. The first-order valence-electron chi connectivity index (χ1n) is 5.40. The van der Waals surface area contributed by atoms with E-state index in [9.17, 15) is 13.5 Å². The largest absolute Gasteiger partial charge is 0.496 e. The molecule has 0 radical (unpaired) electrons. The molecule has 0 aromatic heterocycles. The van der Waals surface area contributed by atoms with Gasteiger partial charge < -0.3 is 14.6 Å². The number of aliphatic hydroxyl groups is 1. The molecule has 2 atom stereocenters. The molecule has 18 heavy (non-hydrogen) atoms. The number of aliphatic hydroxyl groups excluding tert-OH is 1. The molecule has 0 spiro atoms. The van der Waals surface area contributed by atoms with Gasteiger partial charge in [0.25, 0.3) is 0 Å². The van der Waals surface area contributed by atoms with Crippen LogP contribution >= 0.6 is 0 Å². The molecule has 5 nitrogen and oxygen atoms in total. The SMILES string of the molecule is COc1cccc(OC)c1C(O)C(C)S(C)(=O)=O. The highest BCUT2D eigenvalue weighted by atomic mass is 32.2. The van der Waals surface area contributed by atoms with Crippen LogP contribution in [0.25, 0.3) is 0 Å². The summed E-state index contributed by atoms with van der Waals surface area (Å²) >= 11 is 0. The zero-order valence-corrected chi connectivity index (χ0v) is 11.7. The molecule has 0 heterocycles. The van der Waals surface area contributed by atoms with Crippen molar-refractivity contribution in [3.8, 4) is 11.5 Å². The van der Waals surface area contributed by atoms with Crippen LogP contribution in [0.2, 0.25) is 0 Å². The van der Waals surface area contributed by atoms with Gasteiger partial charge in [-0.1, -0.05) is 6.07 Å². The van der Waals surface area contributed by atoms with E-state index in [-0.39, 0.29) is 0 Å². The lowest BCUT2D eigenvalue weighted by atomic mass is 10.0. The second-order valence-corrected chi connectivity index (χ2v) is 6.46. The molecule has 0 amide bonds. The zero-order valence-electron chi connectivity index (χ0n) is 10.9. The molecule has 1 N–H and O–H groups in total. The monoisotopic (exact) mass is 274 g/mol. The molecule has 6 heteroatoms. The Bertz CT molecular complexity index is 487. The van der Waals surface area contributed by atoms with Gasteiger partial charge in [-0.3, -0.25) is 0 Å². The summed E-state index contributed by atoms with van der Waals surface area (Å²) in [6.45, 7) is 1.45. The molecule has 0 aliphatic rings. The Labute approximate surface area is 107 Å². The van der Waals surface area contributed by atoms with Gasteiger partial charge in [0.1, 0.15) is 17.6 Å². The van der Waals surface area contributed by atoms with Crippen molar-refractivity contribution in [1.29, 1.82) is 0 Å². The van der Waals surface area contributed by atoms with Gasteiger partial charge >= 0.3 is 0 Å². The molecular formula is C12H18O5S. The summed E-state index contributed by atoms with van der Waals surface area (Å²) in [4.78, 5) is 0. The van der Waals surface area contributed by atoms with E-state index in [0.717, 1.165) is 6.26 Å². The third kappa shape index (κ3) is 2.94. The number of benzene rings is 1. The van der Waals surface area contributed by atoms with Gasteiger partial charge in [-0.25, -0.2) is 8.42 Å². The van der Waals surface area contributed by atoms with Crippen molar-refractivity contribution < 1.29 is 23.0 Å². The van der Waals surface area contributed by atoms with Crippen molar-refractivity contribution in [2.75, 3.05) is 20.5 Å². The third-order valence-corrected chi connectivity index (χ3v) is 4.49. The topological polar surface area (TPSA) is 72.8 Å². The first-order valence-corrected chi connectivity index (χ1v) is 7.36. The predicted octanol–water partition coefficient (Wildman–Crippen LogP) is 1.17. The van der Waals surface area contributed by atoms with Crippen LogP contribution in [-0.2, 0) is 9.84 Å². The highest BCUT2D eigenvalue weighted by Gasteiger charge is 2.30. The summed E-state index contributed by atoms with van der Waals surface area (Å²) in [7, 11) is -0.452. The summed E-state index contributed by atoms with van der Waals surface area (Å²) in [6.07, 6.45) is -0.117. The average Bonchev–Trinajstić information content (AvgIpc) is 2.34. The molecule has 1 aromatic carbocycles. The summed E-state index contributed by atoms with van der Waals surface area (Å²) in [5.41, 5.74) is 0.348. The number of rotatable bonds is 5. The zero-order chi connectivity index (χ0) is 13.9. The fraction of sp³-hybridized carbons (Fsp3) is 0.500. The van der Waals surface area contributed by atoms with Gasteiger partial charge in [0.2, 0.25) is 0 Å². The standard InChI is InChI=1S/C12H18O5S/c1-8(18(4,14)15)12(13)11-9(16-2)6-5-7-10(11)17-3/h5-8,12-13H,1-4H3. The highest BCUT2D eigenvalue weighted by Crippen LogP contribution is 2.36. The Balaban J connectivity index is 3.31. The lowest BCUT2D eigenvalue weighted by Gasteiger charge is -2.21. The van der Waals surface area contributed by atoms with Crippen LogP contribution in [0.1, 0.15) is 18.6 Å². The van der Waals surface area contributed by atoms with E-state index < -0.39 is 21.2 Å². The first kappa shape index (κ1) is 14.8. The predicted molar refractivity (Wildman–Crippen MR) is 68.8 cm³/mol. The van der Waals surface area contributed by atoms with Gasteiger partial charge in [0, 0.05) is 6.26 Å². The maximum absolute atomic E-state index is 11.5. The lowest BCUT2D eigenvalue weighted by molar-refractivity contribution is 0.167. The van der Waals surface area contributed by atoms with Crippen molar-refractivity contribution in [3.63, 3.8) is 0 Å². The van der Waals surface area contributed by atoms with Crippen molar-refractivity contribution in [3.05, 3.63) is 23.8 Å². The second-order valence-electron chi connectivity index (χ2n) is 4.06. The Morgan fingerprint density at radius 3 is 1.94 bits per heavy atom. The highest BCUT2D eigenvalue weighted by molar-refractivity contribution is 7.91. The number of ether oxygens (including phenoxy) is 2. The molecule has 0 saturated carbocycles. The summed E-state index contributed by atoms with van der Waals surface area (Å²) < 4.78 is 33.3. The summed E-state index contributed by atoms with van der Waals surface area (Å²) in [6, 6.07) is 5.01. The molecule has 0 aliphatic heterocycles.